The van der Waals surface area contributed by atoms with E-state index in [2.05, 4.69) is 29.5 Å². The summed E-state index contributed by atoms with van der Waals surface area (Å²) in [5.74, 6) is 0.619. The predicted molar refractivity (Wildman–Crippen MR) is 143 cm³/mol. The van der Waals surface area contributed by atoms with E-state index in [1.165, 1.54) is 0 Å². The average molecular weight is 500 g/mol. The lowest BCUT2D eigenvalue weighted by Crippen LogP contribution is -2.45. The number of benzene rings is 3. The maximum absolute atomic E-state index is 14.0. The molecule has 1 aromatic heterocycles. The van der Waals surface area contributed by atoms with E-state index in [0.29, 0.717) is 23.7 Å². The second-order valence-electron chi connectivity index (χ2n) is 9.36. The summed E-state index contributed by atoms with van der Waals surface area (Å²) in [6, 6.07) is 23.6. The molecule has 1 N–H and O–H groups in total. The fourth-order valence-electron chi connectivity index (χ4n) is 4.28. The highest BCUT2D eigenvalue weighted by atomic mass is 16.5. The van der Waals surface area contributed by atoms with Gasteiger partial charge in [-0.25, -0.2) is 4.68 Å². The first-order valence-corrected chi connectivity index (χ1v) is 12.5. The minimum absolute atomic E-state index is 0.0573. The molecule has 8 heteroatoms. The van der Waals surface area contributed by atoms with E-state index in [-0.39, 0.29) is 24.9 Å². The summed E-state index contributed by atoms with van der Waals surface area (Å²) in [6.07, 6.45) is 0.846. The van der Waals surface area contributed by atoms with Gasteiger partial charge < -0.3 is 15.0 Å². The van der Waals surface area contributed by atoms with Gasteiger partial charge in [0, 0.05) is 12.1 Å². The van der Waals surface area contributed by atoms with Crippen LogP contribution in [0.4, 0.5) is 0 Å². The number of nitrogens with one attached hydrogen (secondary N) is 1. The smallest absolute Gasteiger partial charge is 0.247 e. The van der Waals surface area contributed by atoms with Crippen LogP contribution in [0.1, 0.15) is 37.4 Å². The molecule has 1 atom stereocenters. The number of rotatable bonds is 11. The highest BCUT2D eigenvalue weighted by Crippen LogP contribution is 2.28. The molecular formula is C29H33N5O3. The molecule has 3 aromatic carbocycles. The number of carbonyl (C=O) groups excluding carboxylic acids is 2. The van der Waals surface area contributed by atoms with Crippen molar-refractivity contribution in [2.75, 3.05) is 13.7 Å². The number of methoxy groups -OCH3 is 1. The summed E-state index contributed by atoms with van der Waals surface area (Å²) in [4.78, 5) is 29.2. The summed E-state index contributed by atoms with van der Waals surface area (Å²) < 4.78 is 7.14. The van der Waals surface area contributed by atoms with Crippen molar-refractivity contribution < 1.29 is 14.3 Å². The van der Waals surface area contributed by atoms with Crippen LogP contribution < -0.4 is 10.1 Å². The number of fused-ring (bicyclic) bond motifs is 1. The Morgan fingerprint density at radius 2 is 1.68 bits per heavy atom. The average Bonchev–Trinajstić information content (AvgIpc) is 3.31. The molecule has 8 nitrogen and oxygen atoms in total. The van der Waals surface area contributed by atoms with Gasteiger partial charge in [-0.3, -0.25) is 9.59 Å². The molecule has 0 radical (unpaired) electrons. The van der Waals surface area contributed by atoms with Crippen molar-refractivity contribution in [1.29, 1.82) is 0 Å². The van der Waals surface area contributed by atoms with Gasteiger partial charge in [-0.15, -0.1) is 5.10 Å². The van der Waals surface area contributed by atoms with Crippen LogP contribution in [0.3, 0.4) is 0 Å². The lowest BCUT2D eigenvalue weighted by Gasteiger charge is -2.32. The Kier molecular flexibility index (Phi) is 8.51. The van der Waals surface area contributed by atoms with Crippen LogP contribution >= 0.6 is 0 Å². The third-order valence-electron chi connectivity index (χ3n) is 6.26. The van der Waals surface area contributed by atoms with Crippen molar-refractivity contribution in [3.05, 3.63) is 90.0 Å². The Bertz CT molecular complexity index is 1340. The molecule has 0 aliphatic heterocycles. The minimum atomic E-state index is -0.833. The number of para-hydroxylation sites is 2. The molecule has 192 valence electrons. The van der Waals surface area contributed by atoms with Crippen LogP contribution in [0.15, 0.2) is 78.9 Å². The third-order valence-corrected chi connectivity index (χ3v) is 6.26. The van der Waals surface area contributed by atoms with E-state index in [0.717, 1.165) is 23.1 Å². The Balaban J connectivity index is 1.72. The van der Waals surface area contributed by atoms with Gasteiger partial charge >= 0.3 is 0 Å². The van der Waals surface area contributed by atoms with Crippen LogP contribution in [-0.4, -0.2) is 45.4 Å². The maximum Gasteiger partial charge on any atom is 0.247 e. The van der Waals surface area contributed by atoms with Crippen LogP contribution in [0.25, 0.3) is 11.0 Å². The normalized spacial score (nSPS) is 11.9. The van der Waals surface area contributed by atoms with Crippen molar-refractivity contribution in [2.45, 2.75) is 39.4 Å². The maximum atomic E-state index is 14.0. The first-order valence-electron chi connectivity index (χ1n) is 12.5. The molecule has 0 fully saturated rings. The second-order valence-corrected chi connectivity index (χ2v) is 9.36. The van der Waals surface area contributed by atoms with Crippen molar-refractivity contribution in [2.24, 2.45) is 5.92 Å². The largest absolute Gasteiger partial charge is 0.496 e. The van der Waals surface area contributed by atoms with E-state index in [1.54, 1.807) is 16.7 Å². The summed E-state index contributed by atoms with van der Waals surface area (Å²) in [6.45, 7) is 4.89. The molecule has 4 aromatic rings. The molecule has 0 aliphatic rings. The topological polar surface area (TPSA) is 89.3 Å². The van der Waals surface area contributed by atoms with E-state index in [9.17, 15) is 9.59 Å². The van der Waals surface area contributed by atoms with Gasteiger partial charge in [-0.1, -0.05) is 79.7 Å². The molecule has 1 heterocycles. The minimum Gasteiger partial charge on any atom is -0.496 e. The van der Waals surface area contributed by atoms with Gasteiger partial charge in [0.1, 0.15) is 23.9 Å². The van der Waals surface area contributed by atoms with E-state index >= 15 is 0 Å². The first-order chi connectivity index (χ1) is 18.0. The quantitative estimate of drug-likeness (QED) is 0.331. The van der Waals surface area contributed by atoms with E-state index in [4.69, 9.17) is 4.74 Å². The lowest BCUT2D eigenvalue weighted by atomic mass is 10.0. The van der Waals surface area contributed by atoms with Crippen molar-refractivity contribution in [3.8, 4) is 5.75 Å². The van der Waals surface area contributed by atoms with Gasteiger partial charge in [0.2, 0.25) is 11.8 Å². The van der Waals surface area contributed by atoms with Crippen molar-refractivity contribution in [1.82, 2.24) is 25.2 Å². The van der Waals surface area contributed by atoms with Gasteiger partial charge in [0.05, 0.1) is 19.2 Å². The molecule has 2 amide bonds. The first kappa shape index (κ1) is 25.9. The summed E-state index contributed by atoms with van der Waals surface area (Å²) in [7, 11) is 1.60. The van der Waals surface area contributed by atoms with Gasteiger partial charge in [0.25, 0.3) is 0 Å². The van der Waals surface area contributed by atoms with Crippen molar-refractivity contribution >= 4 is 22.8 Å². The fraction of sp³-hybridized carbons (Fsp3) is 0.310. The third kappa shape index (κ3) is 6.33. The molecule has 0 saturated carbocycles. The number of ether oxygens (including phenoxy) is 1. The summed E-state index contributed by atoms with van der Waals surface area (Å²) >= 11 is 0. The zero-order valence-electron chi connectivity index (χ0n) is 21.5. The van der Waals surface area contributed by atoms with Gasteiger partial charge in [0.15, 0.2) is 0 Å². The van der Waals surface area contributed by atoms with Crippen LogP contribution in [-0.2, 0) is 22.7 Å². The van der Waals surface area contributed by atoms with Crippen LogP contribution in [0.5, 0.6) is 5.75 Å². The SMILES string of the molecule is COc1ccccc1CN(C(=O)Cn1nnc2ccccc21)[C@H](C(=O)NCCC(C)C)c1ccccc1. The number of amides is 2. The predicted octanol–water partition coefficient (Wildman–Crippen LogP) is 4.37. The molecule has 37 heavy (non-hydrogen) atoms. The van der Waals surface area contributed by atoms with Gasteiger partial charge in [-0.2, -0.15) is 0 Å². The molecular weight excluding hydrogens is 466 g/mol. The molecule has 4 rings (SSSR count). The zero-order valence-corrected chi connectivity index (χ0v) is 21.5. The Morgan fingerprint density at radius 3 is 2.43 bits per heavy atom. The number of carbonyl (C=O) groups is 2. The summed E-state index contributed by atoms with van der Waals surface area (Å²) in [5.41, 5.74) is 3.00. The monoisotopic (exact) mass is 499 g/mol. The zero-order chi connectivity index (χ0) is 26.2. The number of hydrogen-bond donors (Lipinski definition) is 1. The molecule has 0 spiro atoms. The number of nitrogens with zero attached hydrogens (tertiary/aromatic N) is 4. The van der Waals surface area contributed by atoms with E-state index in [1.807, 2.05) is 78.9 Å². The highest BCUT2D eigenvalue weighted by Gasteiger charge is 2.32. The van der Waals surface area contributed by atoms with Gasteiger partial charge in [-0.05, 0) is 36.1 Å². The highest BCUT2D eigenvalue weighted by molar-refractivity contribution is 5.89. The molecule has 0 unspecified atom stereocenters. The van der Waals surface area contributed by atoms with Crippen LogP contribution in [0.2, 0.25) is 0 Å². The Hall–Kier alpha value is -4.20. The fourth-order valence-corrected chi connectivity index (χ4v) is 4.28. The standard InChI is InChI=1S/C29H33N5O3/c1-21(2)17-18-30-29(36)28(22-11-5-4-6-12-22)33(19-23-13-7-10-16-26(23)37-3)27(35)20-34-25-15-9-8-14-24(25)31-32-34/h4-16,21,28H,17-20H2,1-3H3,(H,30,36)/t28-/m0/s1. The van der Waals surface area contributed by atoms with E-state index < -0.39 is 6.04 Å². The van der Waals surface area contributed by atoms with Crippen molar-refractivity contribution in [3.63, 3.8) is 0 Å². The second kappa shape index (κ2) is 12.2. The Labute approximate surface area is 217 Å². The molecule has 0 aliphatic carbocycles. The summed E-state index contributed by atoms with van der Waals surface area (Å²) in [5, 5.41) is 11.4. The lowest BCUT2D eigenvalue weighted by molar-refractivity contribution is -0.142. The van der Waals surface area contributed by atoms with Crippen LogP contribution in [0, 0.1) is 5.92 Å². The number of aromatic nitrogens is 3. The Morgan fingerprint density at radius 1 is 0.973 bits per heavy atom. The molecule has 0 bridgehead atoms. The molecule has 0 saturated heterocycles. The number of hydrogen-bond acceptors (Lipinski definition) is 5.